The van der Waals surface area contributed by atoms with Crippen LogP contribution in [0, 0.1) is 0 Å². The molecule has 0 aliphatic heterocycles. The molecule has 7 heteroatoms. The van der Waals surface area contributed by atoms with E-state index in [1.807, 2.05) is 36.7 Å². The van der Waals surface area contributed by atoms with Gasteiger partial charge in [0.05, 0.1) is 32.2 Å². The average molecular weight is 382 g/mol. The Labute approximate surface area is 164 Å². The summed E-state index contributed by atoms with van der Waals surface area (Å²) in [6.45, 7) is 0.702. The number of aromatic nitrogens is 3. The van der Waals surface area contributed by atoms with E-state index in [1.165, 1.54) is 0 Å². The first-order chi connectivity index (χ1) is 13.7. The molecule has 1 aliphatic carbocycles. The summed E-state index contributed by atoms with van der Waals surface area (Å²) < 4.78 is 12.5. The van der Waals surface area contributed by atoms with Crippen LogP contribution in [-0.4, -0.2) is 46.1 Å². The molecule has 0 atom stereocenters. The molecular formula is C21H26N4O3. The molecule has 0 spiro atoms. The molecule has 7 nitrogen and oxygen atoms in total. The summed E-state index contributed by atoms with van der Waals surface area (Å²) in [5.41, 5.74) is 3.71. The van der Waals surface area contributed by atoms with Gasteiger partial charge in [-0.1, -0.05) is 6.07 Å². The van der Waals surface area contributed by atoms with Gasteiger partial charge >= 0.3 is 0 Å². The molecule has 4 rings (SSSR count). The minimum Gasteiger partial charge on any atom is -0.493 e. The van der Waals surface area contributed by atoms with Gasteiger partial charge in [0, 0.05) is 24.3 Å². The van der Waals surface area contributed by atoms with Crippen LogP contribution in [0.5, 0.6) is 11.5 Å². The van der Waals surface area contributed by atoms with Crippen molar-refractivity contribution in [1.29, 1.82) is 0 Å². The average Bonchev–Trinajstić information content (AvgIpc) is 3.16. The van der Waals surface area contributed by atoms with Crippen molar-refractivity contribution in [3.8, 4) is 22.6 Å². The van der Waals surface area contributed by atoms with Crippen molar-refractivity contribution in [3.63, 3.8) is 0 Å². The summed E-state index contributed by atoms with van der Waals surface area (Å²) >= 11 is 0. The monoisotopic (exact) mass is 382 g/mol. The highest BCUT2D eigenvalue weighted by molar-refractivity contribution is 5.78. The first kappa shape index (κ1) is 18.7. The Hall–Kier alpha value is -2.64. The van der Waals surface area contributed by atoms with E-state index in [4.69, 9.17) is 14.5 Å². The second-order valence-corrected chi connectivity index (χ2v) is 7.20. The molecule has 0 bridgehead atoms. The molecule has 1 aromatic carbocycles. The van der Waals surface area contributed by atoms with Crippen molar-refractivity contribution < 1.29 is 14.6 Å². The van der Waals surface area contributed by atoms with Crippen molar-refractivity contribution in [2.75, 3.05) is 14.2 Å². The Morgan fingerprint density at radius 3 is 2.64 bits per heavy atom. The maximum atomic E-state index is 9.65. The normalized spacial score (nSPS) is 19.7. The van der Waals surface area contributed by atoms with Crippen molar-refractivity contribution in [3.05, 3.63) is 42.4 Å². The highest BCUT2D eigenvalue weighted by Crippen LogP contribution is 2.33. The first-order valence-electron chi connectivity index (χ1n) is 9.65. The van der Waals surface area contributed by atoms with Gasteiger partial charge in [0.15, 0.2) is 17.1 Å². The lowest BCUT2D eigenvalue weighted by atomic mass is 9.93. The Balaban J connectivity index is 1.56. The first-order valence-corrected chi connectivity index (χ1v) is 9.65. The number of hydrogen-bond acceptors (Lipinski definition) is 6. The summed E-state index contributed by atoms with van der Waals surface area (Å²) in [4.78, 5) is 4.83. The molecule has 3 aromatic rings. The number of ether oxygens (including phenoxy) is 2. The number of rotatable bonds is 6. The van der Waals surface area contributed by atoms with Gasteiger partial charge in [0.25, 0.3) is 0 Å². The molecule has 2 aromatic heterocycles. The summed E-state index contributed by atoms with van der Waals surface area (Å²) in [5, 5.41) is 17.6. The van der Waals surface area contributed by atoms with Crippen molar-refractivity contribution in [1.82, 2.24) is 19.9 Å². The van der Waals surface area contributed by atoms with E-state index in [0.29, 0.717) is 24.1 Å². The maximum absolute atomic E-state index is 9.65. The lowest BCUT2D eigenvalue weighted by Gasteiger charge is -2.26. The van der Waals surface area contributed by atoms with Crippen LogP contribution in [0.4, 0.5) is 0 Å². The molecular weight excluding hydrogens is 356 g/mol. The molecule has 2 heterocycles. The summed E-state index contributed by atoms with van der Waals surface area (Å²) in [6.07, 6.45) is 7.38. The van der Waals surface area contributed by atoms with Crippen LogP contribution in [0.2, 0.25) is 0 Å². The quantitative estimate of drug-likeness (QED) is 0.682. The number of methoxy groups -OCH3 is 2. The van der Waals surface area contributed by atoms with Gasteiger partial charge in [-0.05, 0) is 49.4 Å². The molecule has 0 unspecified atom stereocenters. The third-order valence-corrected chi connectivity index (χ3v) is 5.39. The van der Waals surface area contributed by atoms with Crippen molar-refractivity contribution in [2.24, 2.45) is 0 Å². The predicted octanol–water partition coefficient (Wildman–Crippen LogP) is 2.81. The molecule has 28 heavy (non-hydrogen) atoms. The number of aliphatic hydroxyl groups excluding tert-OH is 1. The molecule has 1 aliphatic rings. The maximum Gasteiger partial charge on any atom is 0.163 e. The molecule has 0 radical (unpaired) electrons. The lowest BCUT2D eigenvalue weighted by molar-refractivity contribution is 0.116. The predicted molar refractivity (Wildman–Crippen MR) is 107 cm³/mol. The minimum atomic E-state index is -0.136. The van der Waals surface area contributed by atoms with Gasteiger partial charge in [0.2, 0.25) is 0 Å². The van der Waals surface area contributed by atoms with Crippen LogP contribution in [0.15, 0.2) is 36.7 Å². The smallest absolute Gasteiger partial charge is 0.163 e. The molecule has 1 saturated carbocycles. The number of nitrogens with one attached hydrogen (secondary N) is 1. The lowest BCUT2D eigenvalue weighted by Crippen LogP contribution is -2.34. The molecule has 0 amide bonds. The molecule has 148 valence electrons. The minimum absolute atomic E-state index is 0.136. The highest BCUT2D eigenvalue weighted by Gasteiger charge is 2.19. The van der Waals surface area contributed by atoms with Crippen LogP contribution >= 0.6 is 0 Å². The zero-order valence-electron chi connectivity index (χ0n) is 16.3. The fourth-order valence-electron chi connectivity index (χ4n) is 3.74. The zero-order chi connectivity index (χ0) is 19.5. The number of nitrogens with zero attached hydrogens (tertiary/aromatic N) is 3. The van der Waals surface area contributed by atoms with Crippen LogP contribution in [0.25, 0.3) is 16.8 Å². The largest absolute Gasteiger partial charge is 0.493 e. The van der Waals surface area contributed by atoms with Crippen LogP contribution in [-0.2, 0) is 6.54 Å². The molecule has 2 N–H and O–H groups in total. The number of benzene rings is 1. The molecule has 0 saturated heterocycles. The van der Waals surface area contributed by atoms with E-state index in [-0.39, 0.29) is 6.10 Å². The number of fused-ring (bicyclic) bond motifs is 1. The SMILES string of the molecule is COc1ccc(-c2cnn3ccc(CN[C@H]4CC[C@H](O)CC4)nc23)cc1OC. The third-order valence-electron chi connectivity index (χ3n) is 5.39. The van der Waals surface area contributed by atoms with Gasteiger partial charge in [0.1, 0.15) is 0 Å². The Morgan fingerprint density at radius 1 is 1.11 bits per heavy atom. The second kappa shape index (κ2) is 8.16. The third kappa shape index (κ3) is 3.81. The standard InChI is InChI=1S/C21H26N4O3/c1-27-19-8-3-14(11-20(19)28-2)18-13-23-25-10-9-16(24-21(18)25)12-22-15-4-6-17(26)7-5-15/h3,8-11,13,15,17,22,26H,4-7,12H2,1-2H3/t15-,17-. The van der Waals surface area contributed by atoms with E-state index in [1.54, 1.807) is 18.7 Å². The number of aliphatic hydroxyl groups is 1. The van der Waals surface area contributed by atoms with E-state index in [2.05, 4.69) is 10.4 Å². The van der Waals surface area contributed by atoms with E-state index in [0.717, 1.165) is 48.2 Å². The second-order valence-electron chi connectivity index (χ2n) is 7.20. The van der Waals surface area contributed by atoms with Gasteiger partial charge in [-0.2, -0.15) is 5.10 Å². The Kier molecular flexibility index (Phi) is 5.45. The van der Waals surface area contributed by atoms with E-state index < -0.39 is 0 Å². The zero-order valence-corrected chi connectivity index (χ0v) is 16.3. The van der Waals surface area contributed by atoms with E-state index in [9.17, 15) is 5.11 Å². The van der Waals surface area contributed by atoms with Crippen LogP contribution in [0.1, 0.15) is 31.4 Å². The van der Waals surface area contributed by atoms with Gasteiger partial charge < -0.3 is 19.9 Å². The van der Waals surface area contributed by atoms with Crippen molar-refractivity contribution in [2.45, 2.75) is 44.4 Å². The summed E-state index contributed by atoms with van der Waals surface area (Å²) in [6, 6.07) is 8.24. The highest BCUT2D eigenvalue weighted by atomic mass is 16.5. The van der Waals surface area contributed by atoms with Crippen LogP contribution < -0.4 is 14.8 Å². The number of hydrogen-bond donors (Lipinski definition) is 2. The van der Waals surface area contributed by atoms with Crippen LogP contribution in [0.3, 0.4) is 0 Å². The fraction of sp³-hybridized carbons (Fsp3) is 0.429. The van der Waals surface area contributed by atoms with E-state index >= 15 is 0 Å². The van der Waals surface area contributed by atoms with Crippen molar-refractivity contribution >= 4 is 5.65 Å². The van der Waals surface area contributed by atoms with Gasteiger partial charge in [-0.3, -0.25) is 0 Å². The topological polar surface area (TPSA) is 80.9 Å². The van der Waals surface area contributed by atoms with Gasteiger partial charge in [-0.15, -0.1) is 0 Å². The summed E-state index contributed by atoms with van der Waals surface area (Å²) in [7, 11) is 3.25. The Morgan fingerprint density at radius 2 is 1.89 bits per heavy atom. The molecule has 1 fully saturated rings. The summed E-state index contributed by atoms with van der Waals surface area (Å²) in [5.74, 6) is 1.37. The fourth-order valence-corrected chi connectivity index (χ4v) is 3.74. The van der Waals surface area contributed by atoms with Gasteiger partial charge in [-0.25, -0.2) is 9.50 Å². The Bertz CT molecular complexity index is 948.